The number of carbonyl (C=O) groups is 1. The maximum absolute atomic E-state index is 11.6. The Morgan fingerprint density at radius 1 is 1.64 bits per heavy atom. The van der Waals surface area contributed by atoms with Crippen molar-refractivity contribution >= 4 is 17.7 Å². The molecular formula is C10H20N2OS. The first-order chi connectivity index (χ1) is 6.63. The van der Waals surface area contributed by atoms with Crippen LogP contribution < -0.4 is 10.6 Å². The minimum Gasteiger partial charge on any atom is -0.352 e. The Kier molecular flexibility index (Phi) is 4.75. The molecule has 0 radical (unpaired) electrons. The third-order valence-corrected chi connectivity index (χ3v) is 3.61. The van der Waals surface area contributed by atoms with Crippen molar-refractivity contribution in [1.82, 2.24) is 10.6 Å². The number of hydrogen-bond donors (Lipinski definition) is 2. The van der Waals surface area contributed by atoms with E-state index in [9.17, 15) is 4.79 Å². The second-order valence-corrected chi connectivity index (χ2v) is 5.14. The maximum Gasteiger partial charge on any atom is 0.233 e. The lowest BCUT2D eigenvalue weighted by Crippen LogP contribution is -2.48. The second-order valence-electron chi connectivity index (χ2n) is 3.96. The van der Waals surface area contributed by atoms with E-state index in [0.717, 1.165) is 19.4 Å². The molecule has 0 aliphatic carbocycles. The smallest absolute Gasteiger partial charge is 0.233 e. The highest BCUT2D eigenvalue weighted by atomic mass is 32.2. The first-order valence-electron chi connectivity index (χ1n) is 5.20. The fourth-order valence-corrected chi connectivity index (χ4v) is 1.97. The third-order valence-electron chi connectivity index (χ3n) is 2.69. The lowest BCUT2D eigenvalue weighted by Gasteiger charge is -2.29. The van der Waals surface area contributed by atoms with Crippen LogP contribution in [-0.2, 0) is 4.79 Å². The Morgan fingerprint density at radius 3 is 2.93 bits per heavy atom. The predicted octanol–water partition coefficient (Wildman–Crippen LogP) is 0.995. The van der Waals surface area contributed by atoms with Crippen LogP contribution >= 0.6 is 11.8 Å². The van der Waals surface area contributed by atoms with E-state index in [-0.39, 0.29) is 11.2 Å². The molecule has 0 spiro atoms. The number of amides is 1. The Balaban J connectivity index is 2.32. The molecule has 0 aromatic rings. The SMILES string of the molecule is CSC(C)C(=O)NC1CCNC(C)C1. The van der Waals surface area contributed by atoms with Crippen LogP contribution in [-0.4, -0.2) is 36.0 Å². The van der Waals surface area contributed by atoms with Crippen LogP contribution in [0.15, 0.2) is 0 Å². The Hall–Kier alpha value is -0.220. The molecule has 3 atom stereocenters. The van der Waals surface area contributed by atoms with Crippen molar-refractivity contribution in [2.24, 2.45) is 0 Å². The monoisotopic (exact) mass is 216 g/mol. The van der Waals surface area contributed by atoms with Gasteiger partial charge in [0.1, 0.15) is 0 Å². The van der Waals surface area contributed by atoms with Gasteiger partial charge in [0.25, 0.3) is 0 Å². The zero-order valence-electron chi connectivity index (χ0n) is 9.17. The zero-order chi connectivity index (χ0) is 10.6. The van der Waals surface area contributed by atoms with Crippen molar-refractivity contribution in [3.63, 3.8) is 0 Å². The summed E-state index contributed by atoms with van der Waals surface area (Å²) in [5.41, 5.74) is 0. The normalized spacial score (nSPS) is 29.6. The fourth-order valence-electron chi connectivity index (χ4n) is 1.69. The number of hydrogen-bond acceptors (Lipinski definition) is 3. The van der Waals surface area contributed by atoms with Gasteiger partial charge >= 0.3 is 0 Å². The van der Waals surface area contributed by atoms with Crippen LogP contribution in [0.5, 0.6) is 0 Å². The number of nitrogens with one attached hydrogen (secondary N) is 2. The molecule has 0 aromatic carbocycles. The summed E-state index contributed by atoms with van der Waals surface area (Å²) in [4.78, 5) is 11.6. The van der Waals surface area contributed by atoms with Gasteiger partial charge in [0.2, 0.25) is 5.91 Å². The third kappa shape index (κ3) is 3.50. The van der Waals surface area contributed by atoms with E-state index in [1.165, 1.54) is 0 Å². The molecule has 1 aliphatic heterocycles. The van der Waals surface area contributed by atoms with E-state index >= 15 is 0 Å². The minimum absolute atomic E-state index is 0.0696. The molecule has 3 nitrogen and oxygen atoms in total. The number of rotatable bonds is 3. The number of piperidine rings is 1. The molecule has 1 heterocycles. The summed E-state index contributed by atoms with van der Waals surface area (Å²) in [6.07, 6.45) is 4.07. The zero-order valence-corrected chi connectivity index (χ0v) is 9.99. The van der Waals surface area contributed by atoms with Gasteiger partial charge in [0.15, 0.2) is 0 Å². The molecule has 4 heteroatoms. The summed E-state index contributed by atoms with van der Waals surface area (Å²) in [6, 6.07) is 0.895. The molecule has 1 rings (SSSR count). The Bertz CT molecular complexity index is 199. The Morgan fingerprint density at radius 2 is 2.36 bits per heavy atom. The molecule has 1 amide bonds. The van der Waals surface area contributed by atoms with Crippen LogP contribution in [0.3, 0.4) is 0 Å². The van der Waals surface area contributed by atoms with Crippen LogP contribution in [0.4, 0.5) is 0 Å². The highest BCUT2D eigenvalue weighted by molar-refractivity contribution is 7.99. The molecule has 14 heavy (non-hydrogen) atoms. The van der Waals surface area contributed by atoms with Crippen LogP contribution in [0.2, 0.25) is 0 Å². The molecule has 1 fully saturated rings. The lowest BCUT2D eigenvalue weighted by molar-refractivity contribution is -0.121. The van der Waals surface area contributed by atoms with E-state index in [1.807, 2.05) is 13.2 Å². The van der Waals surface area contributed by atoms with Gasteiger partial charge in [-0.2, -0.15) is 11.8 Å². The van der Waals surface area contributed by atoms with Crippen molar-refractivity contribution in [3.8, 4) is 0 Å². The Labute approximate surface area is 90.4 Å². The van der Waals surface area contributed by atoms with E-state index in [0.29, 0.717) is 12.1 Å². The quantitative estimate of drug-likeness (QED) is 0.739. The average molecular weight is 216 g/mol. The van der Waals surface area contributed by atoms with Crippen molar-refractivity contribution in [2.45, 2.75) is 44.0 Å². The predicted molar refractivity (Wildman–Crippen MR) is 61.6 cm³/mol. The number of thioether (sulfide) groups is 1. The highest BCUT2D eigenvalue weighted by Crippen LogP contribution is 2.10. The van der Waals surface area contributed by atoms with Gasteiger partial charge < -0.3 is 10.6 Å². The van der Waals surface area contributed by atoms with Gasteiger partial charge in [-0.25, -0.2) is 0 Å². The van der Waals surface area contributed by atoms with Crippen molar-refractivity contribution in [1.29, 1.82) is 0 Å². The maximum atomic E-state index is 11.6. The number of carbonyl (C=O) groups excluding carboxylic acids is 1. The van der Waals surface area contributed by atoms with Gasteiger partial charge in [0, 0.05) is 12.1 Å². The summed E-state index contributed by atoms with van der Waals surface area (Å²) in [5, 5.41) is 6.54. The second kappa shape index (κ2) is 5.61. The molecular weight excluding hydrogens is 196 g/mol. The van der Waals surface area contributed by atoms with Crippen LogP contribution in [0, 0.1) is 0 Å². The standard InChI is InChI=1S/C10H20N2OS/c1-7-6-9(4-5-11-7)12-10(13)8(2)14-3/h7-9,11H,4-6H2,1-3H3,(H,12,13). The van der Waals surface area contributed by atoms with E-state index in [2.05, 4.69) is 17.6 Å². The molecule has 1 aliphatic rings. The van der Waals surface area contributed by atoms with Gasteiger partial charge in [-0.1, -0.05) is 0 Å². The van der Waals surface area contributed by atoms with Crippen molar-refractivity contribution in [2.75, 3.05) is 12.8 Å². The first kappa shape index (κ1) is 11.9. The van der Waals surface area contributed by atoms with Crippen molar-refractivity contribution < 1.29 is 4.79 Å². The van der Waals surface area contributed by atoms with Gasteiger partial charge in [-0.05, 0) is 39.5 Å². The molecule has 2 N–H and O–H groups in total. The summed E-state index contributed by atoms with van der Waals surface area (Å²) in [7, 11) is 0. The summed E-state index contributed by atoms with van der Waals surface area (Å²) >= 11 is 1.59. The van der Waals surface area contributed by atoms with Crippen LogP contribution in [0.25, 0.3) is 0 Å². The van der Waals surface area contributed by atoms with E-state index in [1.54, 1.807) is 11.8 Å². The molecule has 1 saturated heterocycles. The van der Waals surface area contributed by atoms with Gasteiger partial charge in [0.05, 0.1) is 5.25 Å². The van der Waals surface area contributed by atoms with Gasteiger partial charge in [-0.15, -0.1) is 0 Å². The highest BCUT2D eigenvalue weighted by Gasteiger charge is 2.21. The molecule has 0 saturated carbocycles. The molecule has 0 aromatic heterocycles. The molecule has 82 valence electrons. The topological polar surface area (TPSA) is 41.1 Å². The fraction of sp³-hybridized carbons (Fsp3) is 0.900. The lowest BCUT2D eigenvalue weighted by atomic mass is 10.0. The average Bonchev–Trinajstić information content (AvgIpc) is 2.16. The minimum atomic E-state index is 0.0696. The van der Waals surface area contributed by atoms with Gasteiger partial charge in [-0.3, -0.25) is 4.79 Å². The largest absolute Gasteiger partial charge is 0.352 e. The van der Waals surface area contributed by atoms with Crippen molar-refractivity contribution in [3.05, 3.63) is 0 Å². The molecule has 0 bridgehead atoms. The summed E-state index contributed by atoms with van der Waals surface area (Å²) in [6.45, 7) is 5.13. The van der Waals surface area contributed by atoms with Crippen LogP contribution in [0.1, 0.15) is 26.7 Å². The van der Waals surface area contributed by atoms with E-state index in [4.69, 9.17) is 0 Å². The van der Waals surface area contributed by atoms with E-state index < -0.39 is 0 Å². The molecule has 3 unspecified atom stereocenters. The summed E-state index contributed by atoms with van der Waals surface area (Å²) < 4.78 is 0. The first-order valence-corrected chi connectivity index (χ1v) is 6.49. The summed E-state index contributed by atoms with van der Waals surface area (Å²) in [5.74, 6) is 0.177.